The average Bonchev–Trinajstić information content (AvgIpc) is 3.09. The number of carboxylic acid groups (broad SMARTS) is 1. The van der Waals surface area contributed by atoms with Gasteiger partial charge in [0, 0.05) is 0 Å². The Balaban J connectivity index is 3.08. The molecule has 0 aliphatic heterocycles. The maximum Gasteiger partial charge on any atom is 0.310 e. The van der Waals surface area contributed by atoms with Gasteiger partial charge in [-0.15, -0.1) is 0 Å². The predicted molar refractivity (Wildman–Crippen MR) is 104 cm³/mol. The van der Waals surface area contributed by atoms with Crippen LogP contribution in [0.3, 0.4) is 0 Å². The van der Waals surface area contributed by atoms with E-state index in [1.165, 1.54) is 0 Å². The van der Waals surface area contributed by atoms with Crippen molar-refractivity contribution in [3.8, 4) is 0 Å². The molecule has 4 atom stereocenters. The van der Waals surface area contributed by atoms with Crippen LogP contribution in [0.25, 0.3) is 0 Å². The van der Waals surface area contributed by atoms with Crippen molar-refractivity contribution in [2.75, 3.05) is 19.8 Å². The van der Waals surface area contributed by atoms with Crippen LogP contribution in [-0.2, 0) is 33.4 Å². The fourth-order valence-corrected chi connectivity index (χ4v) is 3.44. The van der Waals surface area contributed by atoms with Gasteiger partial charge in [0.15, 0.2) is 0 Å². The minimum Gasteiger partial charge on any atom is -0.481 e. The maximum absolute atomic E-state index is 12.7. The predicted octanol–water partition coefficient (Wildman–Crippen LogP) is 2.97. The second-order valence-corrected chi connectivity index (χ2v) is 7.40. The minimum absolute atomic E-state index is 0.140. The van der Waals surface area contributed by atoms with Gasteiger partial charge in [0.2, 0.25) is 0 Å². The molecule has 29 heavy (non-hydrogen) atoms. The van der Waals surface area contributed by atoms with Gasteiger partial charge in [0.05, 0.1) is 43.5 Å². The minimum atomic E-state index is -1.26. The van der Waals surface area contributed by atoms with E-state index in [1.807, 2.05) is 20.8 Å². The van der Waals surface area contributed by atoms with E-state index in [1.54, 1.807) is 0 Å². The highest BCUT2D eigenvalue weighted by molar-refractivity contribution is 5.92. The lowest BCUT2D eigenvalue weighted by Gasteiger charge is -2.22. The van der Waals surface area contributed by atoms with Crippen LogP contribution in [-0.4, -0.2) is 48.8 Å². The molecule has 0 aromatic carbocycles. The molecule has 1 fully saturated rings. The number of rotatable bonds is 13. The molecule has 1 aliphatic carbocycles. The zero-order valence-corrected chi connectivity index (χ0v) is 17.7. The lowest BCUT2D eigenvalue weighted by Crippen LogP contribution is -2.38. The summed E-state index contributed by atoms with van der Waals surface area (Å²) >= 11 is 0. The summed E-state index contributed by atoms with van der Waals surface area (Å²) in [6, 6.07) is 0. The standard InChI is InChI=1S/C21H34O8/c1-4-7-10-27-19(24)15-13-14(18(22)23)16(20(25)28-11-8-5-2)17(15)21(26)29-12-9-6-3/h14-17H,4-13H2,1-3H3,(H,22,23). The molecular formula is C21H34O8. The smallest absolute Gasteiger partial charge is 0.310 e. The van der Waals surface area contributed by atoms with Crippen molar-refractivity contribution in [1.82, 2.24) is 0 Å². The molecule has 1 N–H and O–H groups in total. The number of carbonyl (C=O) groups excluding carboxylic acids is 3. The van der Waals surface area contributed by atoms with Gasteiger partial charge in [-0.05, 0) is 25.7 Å². The number of hydrogen-bond donors (Lipinski definition) is 1. The van der Waals surface area contributed by atoms with E-state index in [-0.39, 0.29) is 26.2 Å². The zero-order chi connectivity index (χ0) is 21.8. The van der Waals surface area contributed by atoms with E-state index in [4.69, 9.17) is 14.2 Å². The van der Waals surface area contributed by atoms with E-state index >= 15 is 0 Å². The van der Waals surface area contributed by atoms with Gasteiger partial charge in [0.25, 0.3) is 0 Å². The summed E-state index contributed by atoms with van der Waals surface area (Å²) in [5.74, 6) is -8.12. The summed E-state index contributed by atoms with van der Waals surface area (Å²) in [5.41, 5.74) is 0. The Labute approximate surface area is 172 Å². The van der Waals surface area contributed by atoms with Gasteiger partial charge in [-0.1, -0.05) is 40.0 Å². The first-order valence-corrected chi connectivity index (χ1v) is 10.6. The summed E-state index contributed by atoms with van der Waals surface area (Å²) in [6.45, 7) is 6.29. The fourth-order valence-electron chi connectivity index (χ4n) is 3.44. The highest BCUT2D eigenvalue weighted by Crippen LogP contribution is 2.44. The Hall–Kier alpha value is -2.12. The lowest BCUT2D eigenvalue weighted by atomic mass is 9.86. The van der Waals surface area contributed by atoms with Crippen molar-refractivity contribution in [3.63, 3.8) is 0 Å². The van der Waals surface area contributed by atoms with E-state index in [0.717, 1.165) is 19.3 Å². The highest BCUT2D eigenvalue weighted by atomic mass is 16.5. The van der Waals surface area contributed by atoms with E-state index in [2.05, 4.69) is 0 Å². The van der Waals surface area contributed by atoms with Gasteiger partial charge >= 0.3 is 23.9 Å². The lowest BCUT2D eigenvalue weighted by molar-refractivity contribution is -0.167. The van der Waals surface area contributed by atoms with E-state index < -0.39 is 47.5 Å². The molecule has 0 heterocycles. The largest absolute Gasteiger partial charge is 0.481 e. The molecule has 8 heteroatoms. The molecule has 0 aromatic heterocycles. The third-order valence-corrected chi connectivity index (χ3v) is 5.15. The van der Waals surface area contributed by atoms with Gasteiger partial charge in [-0.2, -0.15) is 0 Å². The first-order chi connectivity index (χ1) is 13.9. The van der Waals surface area contributed by atoms with Gasteiger partial charge in [-0.3, -0.25) is 19.2 Å². The zero-order valence-electron chi connectivity index (χ0n) is 17.7. The number of ether oxygens (including phenoxy) is 3. The molecule has 4 unspecified atom stereocenters. The first-order valence-electron chi connectivity index (χ1n) is 10.6. The molecule has 8 nitrogen and oxygen atoms in total. The summed E-state index contributed by atoms with van der Waals surface area (Å²) in [7, 11) is 0. The topological polar surface area (TPSA) is 116 Å². The first kappa shape index (κ1) is 24.9. The molecule has 0 saturated heterocycles. The number of hydrogen-bond acceptors (Lipinski definition) is 7. The Morgan fingerprint density at radius 1 is 0.690 bits per heavy atom. The van der Waals surface area contributed by atoms with Crippen LogP contribution < -0.4 is 0 Å². The normalized spacial score (nSPS) is 23.4. The summed E-state index contributed by atoms with van der Waals surface area (Å²) in [4.78, 5) is 49.8. The van der Waals surface area contributed by atoms with Crippen LogP contribution in [0, 0.1) is 23.7 Å². The van der Waals surface area contributed by atoms with Crippen LogP contribution in [0.5, 0.6) is 0 Å². The van der Waals surface area contributed by atoms with Crippen LogP contribution in [0.2, 0.25) is 0 Å². The molecular weight excluding hydrogens is 380 g/mol. The molecule has 1 rings (SSSR count). The van der Waals surface area contributed by atoms with Gasteiger partial charge in [-0.25, -0.2) is 0 Å². The number of esters is 3. The molecule has 1 saturated carbocycles. The van der Waals surface area contributed by atoms with Crippen LogP contribution in [0.15, 0.2) is 0 Å². The second kappa shape index (κ2) is 13.2. The van der Waals surface area contributed by atoms with Crippen LogP contribution in [0.4, 0.5) is 0 Å². The van der Waals surface area contributed by atoms with Crippen molar-refractivity contribution < 1.29 is 38.5 Å². The van der Waals surface area contributed by atoms with Crippen molar-refractivity contribution in [2.24, 2.45) is 23.7 Å². The summed E-state index contributed by atoms with van der Waals surface area (Å²) in [6.07, 6.45) is 4.21. The SMILES string of the molecule is CCCCOC(=O)C1CC(C(=O)O)C(C(=O)OCCCC)C1C(=O)OCCCC. The van der Waals surface area contributed by atoms with Crippen molar-refractivity contribution in [2.45, 2.75) is 65.7 Å². The molecule has 1 aliphatic rings. The highest BCUT2D eigenvalue weighted by Gasteiger charge is 2.57. The third kappa shape index (κ3) is 7.33. The van der Waals surface area contributed by atoms with Crippen LogP contribution >= 0.6 is 0 Å². The molecule has 0 amide bonds. The molecule has 0 aromatic rings. The molecule has 166 valence electrons. The Bertz CT molecular complexity index is 559. The fraction of sp³-hybridized carbons (Fsp3) is 0.810. The number of aliphatic carboxylic acids is 1. The molecule has 0 bridgehead atoms. The summed E-state index contributed by atoms with van der Waals surface area (Å²) < 4.78 is 15.7. The quantitative estimate of drug-likeness (QED) is 0.278. The van der Waals surface area contributed by atoms with Gasteiger partial charge < -0.3 is 19.3 Å². The van der Waals surface area contributed by atoms with Crippen molar-refractivity contribution in [3.05, 3.63) is 0 Å². The van der Waals surface area contributed by atoms with E-state index in [0.29, 0.717) is 19.3 Å². The van der Waals surface area contributed by atoms with Gasteiger partial charge in [0.1, 0.15) is 0 Å². The summed E-state index contributed by atoms with van der Waals surface area (Å²) in [5, 5.41) is 9.62. The monoisotopic (exact) mass is 414 g/mol. The number of carboxylic acids is 1. The third-order valence-electron chi connectivity index (χ3n) is 5.15. The van der Waals surface area contributed by atoms with E-state index in [9.17, 15) is 24.3 Å². The molecule has 0 radical (unpaired) electrons. The number of carbonyl (C=O) groups is 4. The Morgan fingerprint density at radius 2 is 1.07 bits per heavy atom. The van der Waals surface area contributed by atoms with Crippen LogP contribution in [0.1, 0.15) is 65.7 Å². The van der Waals surface area contributed by atoms with Crippen molar-refractivity contribution >= 4 is 23.9 Å². The van der Waals surface area contributed by atoms with Crippen molar-refractivity contribution in [1.29, 1.82) is 0 Å². The Kier molecular flexibility index (Phi) is 11.3. The maximum atomic E-state index is 12.7. The molecule has 0 spiro atoms. The number of unbranched alkanes of at least 4 members (excludes halogenated alkanes) is 3. The second-order valence-electron chi connectivity index (χ2n) is 7.40. The Morgan fingerprint density at radius 3 is 1.45 bits per heavy atom. The average molecular weight is 414 g/mol.